The number of alkyl halides is 3. The molecule has 0 N–H and O–H groups in total. The Morgan fingerprint density at radius 2 is 1.66 bits per heavy atom. The lowest BCUT2D eigenvalue weighted by molar-refractivity contribution is -0.138. The molecule has 2 aromatic carbocycles. The highest BCUT2D eigenvalue weighted by molar-refractivity contribution is 5.95. The molecule has 4 nitrogen and oxygen atoms in total. The Balaban J connectivity index is 1.70. The minimum Gasteiger partial charge on any atom is -0.268 e. The third-order valence-electron chi connectivity index (χ3n) is 5.09. The van der Waals surface area contributed by atoms with Crippen LogP contribution in [-0.4, -0.2) is 34.0 Å². The first-order valence-corrected chi connectivity index (χ1v) is 9.51. The number of fused-ring (bicyclic) bond motifs is 1. The summed E-state index contributed by atoms with van der Waals surface area (Å²) in [5.41, 5.74) is 0.163. The average Bonchev–Trinajstić information content (AvgIpc) is 3.25. The largest absolute Gasteiger partial charge is 0.417 e. The Morgan fingerprint density at radius 3 is 2.41 bits per heavy atom. The van der Waals surface area contributed by atoms with E-state index in [1.54, 1.807) is 0 Å². The van der Waals surface area contributed by atoms with Crippen LogP contribution in [0.2, 0.25) is 0 Å². The summed E-state index contributed by atoms with van der Waals surface area (Å²) in [5, 5.41) is 4.21. The molecule has 1 aromatic heterocycles. The molecule has 0 atom stereocenters. The highest BCUT2D eigenvalue weighted by atomic mass is 19.4. The lowest BCUT2D eigenvalue weighted by Crippen LogP contribution is -2.45. The first-order valence-electron chi connectivity index (χ1n) is 9.51. The molecule has 3 aromatic rings. The fraction of sp³-hybridized carbons (Fsp3) is 0.273. The molecule has 1 saturated heterocycles. The van der Waals surface area contributed by atoms with Gasteiger partial charge in [-0.15, -0.1) is 0 Å². The van der Waals surface area contributed by atoms with E-state index in [-0.39, 0.29) is 12.1 Å². The van der Waals surface area contributed by atoms with Crippen LogP contribution in [0.1, 0.15) is 34.5 Å². The van der Waals surface area contributed by atoms with Gasteiger partial charge in [-0.05, 0) is 37.1 Å². The molecule has 0 bridgehead atoms. The van der Waals surface area contributed by atoms with Crippen LogP contribution in [0.25, 0.3) is 10.9 Å². The molecule has 1 aliphatic rings. The average molecular weight is 399 g/mol. The first kappa shape index (κ1) is 19.4. The second kappa shape index (κ2) is 7.83. The Labute approximate surface area is 166 Å². The zero-order valence-electron chi connectivity index (χ0n) is 15.7. The van der Waals surface area contributed by atoms with E-state index in [4.69, 9.17) is 0 Å². The third-order valence-corrected chi connectivity index (χ3v) is 5.09. The third kappa shape index (κ3) is 4.10. The van der Waals surface area contributed by atoms with Gasteiger partial charge in [0.05, 0.1) is 28.9 Å². The van der Waals surface area contributed by atoms with Crippen LogP contribution in [0.3, 0.4) is 0 Å². The second-order valence-electron chi connectivity index (χ2n) is 7.06. The molecule has 29 heavy (non-hydrogen) atoms. The maximum absolute atomic E-state index is 13.5. The molecule has 0 radical (unpaired) electrons. The van der Waals surface area contributed by atoms with Crippen LogP contribution in [-0.2, 0) is 12.7 Å². The molecule has 150 valence electrons. The number of para-hydroxylation sites is 1. The Kier molecular flexibility index (Phi) is 5.24. The molecule has 7 heteroatoms. The van der Waals surface area contributed by atoms with Gasteiger partial charge in [0.1, 0.15) is 0 Å². The quantitative estimate of drug-likeness (QED) is 0.626. The molecule has 0 unspecified atom stereocenters. The minimum atomic E-state index is -4.59. The zero-order valence-corrected chi connectivity index (χ0v) is 15.7. The van der Waals surface area contributed by atoms with E-state index in [2.05, 4.69) is 4.98 Å². The lowest BCUT2D eigenvalue weighted by atomic mass is 10.1. The Morgan fingerprint density at radius 1 is 0.966 bits per heavy atom. The van der Waals surface area contributed by atoms with Gasteiger partial charge in [-0.1, -0.05) is 36.4 Å². The maximum atomic E-state index is 13.5. The van der Waals surface area contributed by atoms with Gasteiger partial charge in [-0.2, -0.15) is 13.2 Å². The van der Waals surface area contributed by atoms with Gasteiger partial charge in [-0.25, -0.2) is 5.01 Å². The predicted molar refractivity (Wildman–Crippen MR) is 104 cm³/mol. The fourth-order valence-corrected chi connectivity index (χ4v) is 3.65. The number of aromatic nitrogens is 1. The van der Waals surface area contributed by atoms with Crippen molar-refractivity contribution in [3.05, 3.63) is 77.5 Å². The summed E-state index contributed by atoms with van der Waals surface area (Å²) in [5.74, 6) is -0.658. The smallest absolute Gasteiger partial charge is 0.268 e. The van der Waals surface area contributed by atoms with Crippen molar-refractivity contribution in [1.82, 2.24) is 15.0 Å². The van der Waals surface area contributed by atoms with Gasteiger partial charge in [0, 0.05) is 18.5 Å². The van der Waals surface area contributed by atoms with E-state index < -0.39 is 17.6 Å². The minimum absolute atomic E-state index is 0.121. The number of carbonyl (C=O) groups is 1. The number of amides is 1. The number of halogens is 3. The monoisotopic (exact) mass is 399 g/mol. The van der Waals surface area contributed by atoms with E-state index >= 15 is 0 Å². The Bertz CT molecular complexity index is 1030. The number of benzene rings is 2. The molecule has 0 saturated carbocycles. The number of hydrazine groups is 1. The zero-order chi connectivity index (χ0) is 20.4. The van der Waals surface area contributed by atoms with Crippen LogP contribution in [0.15, 0.2) is 60.7 Å². The van der Waals surface area contributed by atoms with Crippen molar-refractivity contribution in [3.8, 4) is 0 Å². The molecule has 4 rings (SSSR count). The predicted octanol–water partition coefficient (Wildman–Crippen LogP) is 4.91. The number of rotatable bonds is 4. The number of carbonyl (C=O) groups excluding carboxylic acids is 1. The van der Waals surface area contributed by atoms with Gasteiger partial charge in [0.15, 0.2) is 0 Å². The summed E-state index contributed by atoms with van der Waals surface area (Å²) in [4.78, 5) is 17.8. The molecule has 1 fully saturated rings. The molecular weight excluding hydrogens is 379 g/mol. The van der Waals surface area contributed by atoms with Gasteiger partial charge < -0.3 is 0 Å². The van der Waals surface area contributed by atoms with Crippen LogP contribution < -0.4 is 0 Å². The SMILES string of the molecule is O=C(c1ccccc1C(F)(F)F)N(Cc1ccc2ccccc2n1)N1CCCC1. The topological polar surface area (TPSA) is 36.4 Å². The van der Waals surface area contributed by atoms with Crippen molar-refractivity contribution in [2.45, 2.75) is 25.6 Å². The van der Waals surface area contributed by atoms with Crippen LogP contribution in [0.4, 0.5) is 13.2 Å². The summed E-state index contributed by atoms with van der Waals surface area (Å²) < 4.78 is 40.4. The van der Waals surface area contributed by atoms with Crippen molar-refractivity contribution in [1.29, 1.82) is 0 Å². The molecule has 1 amide bonds. The van der Waals surface area contributed by atoms with Crippen molar-refractivity contribution < 1.29 is 18.0 Å². The van der Waals surface area contributed by atoms with Crippen LogP contribution in [0.5, 0.6) is 0 Å². The van der Waals surface area contributed by atoms with Gasteiger partial charge in [0.25, 0.3) is 5.91 Å². The van der Waals surface area contributed by atoms with Gasteiger partial charge in [0.2, 0.25) is 0 Å². The molecule has 2 heterocycles. The molecule has 0 aliphatic carbocycles. The normalized spacial score (nSPS) is 15.0. The summed E-state index contributed by atoms with van der Waals surface area (Å²) in [7, 11) is 0. The Hall–Kier alpha value is -2.93. The first-order chi connectivity index (χ1) is 13.9. The highest BCUT2D eigenvalue weighted by Crippen LogP contribution is 2.33. The summed E-state index contributed by atoms with van der Waals surface area (Å²) in [6.07, 6.45) is -2.80. The van der Waals surface area contributed by atoms with Crippen molar-refractivity contribution in [2.75, 3.05) is 13.1 Å². The maximum Gasteiger partial charge on any atom is 0.417 e. The second-order valence-corrected chi connectivity index (χ2v) is 7.06. The van der Waals surface area contributed by atoms with E-state index in [1.807, 2.05) is 41.4 Å². The molecule has 1 aliphatic heterocycles. The van der Waals surface area contributed by atoms with E-state index in [0.29, 0.717) is 18.8 Å². The van der Waals surface area contributed by atoms with Gasteiger partial charge in [-0.3, -0.25) is 14.8 Å². The summed E-state index contributed by atoms with van der Waals surface area (Å²) in [6.45, 7) is 1.39. The van der Waals surface area contributed by atoms with Crippen molar-refractivity contribution in [3.63, 3.8) is 0 Å². The fourth-order valence-electron chi connectivity index (χ4n) is 3.65. The summed E-state index contributed by atoms with van der Waals surface area (Å²) in [6, 6.07) is 16.3. The molecular formula is C22H20F3N3O. The number of nitrogens with zero attached hydrogens (tertiary/aromatic N) is 3. The number of hydrogen-bond donors (Lipinski definition) is 0. The van der Waals surface area contributed by atoms with E-state index in [0.717, 1.165) is 29.8 Å². The van der Waals surface area contributed by atoms with E-state index in [9.17, 15) is 18.0 Å². The standard InChI is InChI=1S/C22H20F3N3O/c23-22(24,25)19-9-3-2-8-18(19)21(29)28(27-13-5-6-14-27)15-17-12-11-16-7-1-4-10-20(16)26-17/h1-4,7-12H,5-6,13-15H2. The lowest BCUT2D eigenvalue weighted by Gasteiger charge is -2.32. The highest BCUT2D eigenvalue weighted by Gasteiger charge is 2.37. The molecule has 0 spiro atoms. The van der Waals surface area contributed by atoms with Gasteiger partial charge >= 0.3 is 6.18 Å². The van der Waals surface area contributed by atoms with Crippen molar-refractivity contribution >= 4 is 16.8 Å². The van der Waals surface area contributed by atoms with E-state index in [1.165, 1.54) is 23.2 Å². The van der Waals surface area contributed by atoms with Crippen molar-refractivity contribution in [2.24, 2.45) is 0 Å². The summed E-state index contributed by atoms with van der Waals surface area (Å²) >= 11 is 0. The number of hydrogen-bond acceptors (Lipinski definition) is 3. The number of pyridine rings is 1. The van der Waals surface area contributed by atoms with Crippen LogP contribution in [0, 0.1) is 0 Å². The van der Waals surface area contributed by atoms with Crippen LogP contribution >= 0.6 is 0 Å².